The summed E-state index contributed by atoms with van der Waals surface area (Å²) in [7, 11) is 1.57. The molecule has 0 radical (unpaired) electrons. The van der Waals surface area contributed by atoms with E-state index < -0.39 is 16.8 Å². The number of nitriles is 1. The molecule has 3 N–H and O–H groups in total. The molecule has 0 spiro atoms. The molecule has 2 aromatic heterocycles. The Morgan fingerprint density at radius 3 is 2.58 bits per heavy atom. The standard InChI is InChI=1S/C22H25N7O2/c1-5-6-11-28-17-18(26-20(28)25-14-22(2,3)24)27(4)21(31)29(19(17)30)13-16-10-8-7-9-15(16)12-23/h7-10H,11,13-14,24H2,1-4H3,(H,25,26). The Bertz CT molecular complexity index is 1350. The Hall–Kier alpha value is -3.82. The molecule has 1 aromatic carbocycles. The molecule has 0 atom stereocenters. The molecule has 0 saturated heterocycles. The van der Waals surface area contributed by atoms with Crippen LogP contribution in [-0.4, -0.2) is 30.8 Å². The number of aromatic nitrogens is 4. The summed E-state index contributed by atoms with van der Waals surface area (Å²) < 4.78 is 4.11. The quantitative estimate of drug-likeness (QED) is 0.574. The Morgan fingerprint density at radius 2 is 1.94 bits per heavy atom. The van der Waals surface area contributed by atoms with Gasteiger partial charge in [0, 0.05) is 19.1 Å². The normalized spacial score (nSPS) is 11.1. The number of nitrogens with one attached hydrogen (secondary N) is 1. The van der Waals surface area contributed by atoms with Gasteiger partial charge in [-0.3, -0.25) is 18.5 Å². The van der Waals surface area contributed by atoms with Crippen LogP contribution in [0.1, 0.15) is 31.9 Å². The number of fused-ring (bicyclic) bond motifs is 1. The molecule has 0 unspecified atom stereocenters. The van der Waals surface area contributed by atoms with Crippen LogP contribution in [0.2, 0.25) is 0 Å². The summed E-state index contributed by atoms with van der Waals surface area (Å²) in [5.41, 5.74) is 6.09. The van der Waals surface area contributed by atoms with Crippen molar-refractivity contribution in [3.8, 4) is 17.9 Å². The van der Waals surface area contributed by atoms with Gasteiger partial charge in [-0.25, -0.2) is 4.79 Å². The molecule has 0 fully saturated rings. The number of aryl methyl sites for hydroxylation is 1. The van der Waals surface area contributed by atoms with Gasteiger partial charge in [0.05, 0.1) is 24.7 Å². The van der Waals surface area contributed by atoms with Crippen LogP contribution < -0.4 is 22.3 Å². The number of benzene rings is 1. The number of nitrogens with two attached hydrogens (primary N) is 1. The van der Waals surface area contributed by atoms with Gasteiger partial charge >= 0.3 is 5.69 Å². The van der Waals surface area contributed by atoms with E-state index in [-0.39, 0.29) is 24.3 Å². The second-order valence-corrected chi connectivity index (χ2v) is 7.96. The molecular weight excluding hydrogens is 394 g/mol. The number of rotatable bonds is 6. The van der Waals surface area contributed by atoms with Crippen molar-refractivity contribution in [2.45, 2.75) is 39.4 Å². The van der Waals surface area contributed by atoms with E-state index in [2.05, 4.69) is 28.2 Å². The van der Waals surface area contributed by atoms with Crippen molar-refractivity contribution in [2.24, 2.45) is 12.8 Å². The van der Waals surface area contributed by atoms with Gasteiger partial charge in [0.15, 0.2) is 11.2 Å². The number of hydrogen-bond acceptors (Lipinski definition) is 6. The van der Waals surface area contributed by atoms with Crippen LogP contribution >= 0.6 is 0 Å². The van der Waals surface area contributed by atoms with Crippen molar-refractivity contribution in [1.29, 1.82) is 5.26 Å². The highest BCUT2D eigenvalue weighted by Crippen LogP contribution is 2.17. The van der Waals surface area contributed by atoms with Gasteiger partial charge in [-0.15, -0.1) is 5.92 Å². The summed E-state index contributed by atoms with van der Waals surface area (Å²) in [5, 5.41) is 12.5. The van der Waals surface area contributed by atoms with E-state index >= 15 is 0 Å². The van der Waals surface area contributed by atoms with E-state index in [1.165, 1.54) is 4.57 Å². The smallest absolute Gasteiger partial charge is 0.332 e. The van der Waals surface area contributed by atoms with Crippen LogP contribution in [-0.2, 0) is 20.1 Å². The number of anilines is 1. The van der Waals surface area contributed by atoms with Crippen molar-refractivity contribution in [3.05, 3.63) is 56.2 Å². The molecular formula is C22H25N7O2. The minimum absolute atomic E-state index is 0.0194. The topological polar surface area (TPSA) is 124 Å². The second-order valence-electron chi connectivity index (χ2n) is 7.96. The van der Waals surface area contributed by atoms with Crippen molar-refractivity contribution < 1.29 is 0 Å². The van der Waals surface area contributed by atoms with Crippen LogP contribution in [0.25, 0.3) is 11.2 Å². The monoisotopic (exact) mass is 419 g/mol. The molecule has 0 bridgehead atoms. The predicted molar refractivity (Wildman–Crippen MR) is 120 cm³/mol. The molecule has 0 aliphatic rings. The fourth-order valence-corrected chi connectivity index (χ4v) is 3.20. The third-order valence-electron chi connectivity index (χ3n) is 4.81. The molecule has 0 aliphatic carbocycles. The predicted octanol–water partition coefficient (Wildman–Crippen LogP) is 0.989. The fraction of sp³-hybridized carbons (Fsp3) is 0.364. The lowest BCUT2D eigenvalue weighted by molar-refractivity contribution is 0.546. The van der Waals surface area contributed by atoms with Crippen molar-refractivity contribution in [3.63, 3.8) is 0 Å². The van der Waals surface area contributed by atoms with Crippen molar-refractivity contribution >= 4 is 17.1 Å². The summed E-state index contributed by atoms with van der Waals surface area (Å²) in [6.45, 7) is 6.06. The maximum Gasteiger partial charge on any atom is 0.332 e. The van der Waals surface area contributed by atoms with E-state index in [0.29, 0.717) is 23.6 Å². The van der Waals surface area contributed by atoms with Gasteiger partial charge in [-0.2, -0.15) is 10.2 Å². The van der Waals surface area contributed by atoms with Crippen LogP contribution in [0, 0.1) is 23.2 Å². The first-order valence-corrected chi connectivity index (χ1v) is 9.78. The zero-order chi connectivity index (χ0) is 22.8. The van der Waals surface area contributed by atoms with Gasteiger partial charge in [-0.05, 0) is 32.4 Å². The van der Waals surface area contributed by atoms with E-state index in [9.17, 15) is 14.9 Å². The maximum absolute atomic E-state index is 13.4. The van der Waals surface area contributed by atoms with Crippen molar-refractivity contribution in [2.75, 3.05) is 11.9 Å². The molecule has 3 rings (SSSR count). The summed E-state index contributed by atoms with van der Waals surface area (Å²) in [4.78, 5) is 30.9. The summed E-state index contributed by atoms with van der Waals surface area (Å²) in [5.74, 6) is 6.19. The zero-order valence-electron chi connectivity index (χ0n) is 18.1. The zero-order valence-corrected chi connectivity index (χ0v) is 18.1. The van der Waals surface area contributed by atoms with Gasteiger partial charge in [0.1, 0.15) is 0 Å². The molecule has 0 saturated carbocycles. The fourth-order valence-electron chi connectivity index (χ4n) is 3.20. The molecule has 2 heterocycles. The third-order valence-corrected chi connectivity index (χ3v) is 4.81. The molecule has 9 nitrogen and oxygen atoms in total. The molecule has 3 aromatic rings. The highest BCUT2D eigenvalue weighted by Gasteiger charge is 2.21. The lowest BCUT2D eigenvalue weighted by atomic mass is 10.1. The third kappa shape index (κ3) is 4.37. The Balaban J connectivity index is 2.24. The highest BCUT2D eigenvalue weighted by molar-refractivity contribution is 5.74. The molecule has 0 aliphatic heterocycles. The van der Waals surface area contributed by atoms with E-state index in [1.54, 1.807) is 42.8 Å². The van der Waals surface area contributed by atoms with Gasteiger partial charge in [-0.1, -0.05) is 24.1 Å². The lowest BCUT2D eigenvalue weighted by Gasteiger charge is -2.19. The average molecular weight is 419 g/mol. The van der Waals surface area contributed by atoms with E-state index in [4.69, 9.17) is 5.73 Å². The Morgan fingerprint density at radius 1 is 1.23 bits per heavy atom. The van der Waals surface area contributed by atoms with Crippen LogP contribution in [0.15, 0.2) is 33.9 Å². The minimum atomic E-state index is -0.512. The second kappa shape index (κ2) is 8.50. The van der Waals surface area contributed by atoms with Crippen LogP contribution in [0.5, 0.6) is 0 Å². The molecule has 9 heteroatoms. The van der Waals surface area contributed by atoms with Gasteiger partial charge < -0.3 is 11.1 Å². The maximum atomic E-state index is 13.4. The highest BCUT2D eigenvalue weighted by atomic mass is 16.2. The largest absolute Gasteiger partial charge is 0.354 e. The van der Waals surface area contributed by atoms with Crippen LogP contribution in [0.4, 0.5) is 5.95 Å². The molecule has 0 amide bonds. The van der Waals surface area contributed by atoms with E-state index in [1.807, 2.05) is 13.8 Å². The first-order chi connectivity index (χ1) is 14.7. The van der Waals surface area contributed by atoms with Crippen molar-refractivity contribution in [1.82, 2.24) is 18.7 Å². The van der Waals surface area contributed by atoms with E-state index in [0.717, 1.165) is 4.57 Å². The number of nitrogens with zero attached hydrogens (tertiary/aromatic N) is 5. The Kier molecular flexibility index (Phi) is 6.00. The Labute approximate surface area is 179 Å². The summed E-state index contributed by atoms with van der Waals surface area (Å²) in [6.07, 6.45) is 0. The molecule has 31 heavy (non-hydrogen) atoms. The number of hydrogen-bond donors (Lipinski definition) is 2. The minimum Gasteiger partial charge on any atom is -0.354 e. The first kappa shape index (κ1) is 21.9. The summed E-state index contributed by atoms with van der Waals surface area (Å²) >= 11 is 0. The SMILES string of the molecule is CC#CCn1c(NCC(C)(C)N)nc2c1c(=O)n(Cc1ccccc1C#N)c(=O)n2C. The summed E-state index contributed by atoms with van der Waals surface area (Å²) in [6, 6.07) is 8.98. The lowest BCUT2D eigenvalue weighted by Crippen LogP contribution is -2.40. The van der Waals surface area contributed by atoms with Gasteiger partial charge in [0.25, 0.3) is 5.56 Å². The number of imidazole rings is 1. The molecule has 160 valence electrons. The van der Waals surface area contributed by atoms with Crippen LogP contribution in [0.3, 0.4) is 0 Å². The average Bonchev–Trinajstić information content (AvgIpc) is 3.10. The first-order valence-electron chi connectivity index (χ1n) is 9.78. The van der Waals surface area contributed by atoms with Gasteiger partial charge in [0.2, 0.25) is 5.95 Å².